The Morgan fingerprint density at radius 1 is 1.36 bits per heavy atom. The zero-order valence-electron chi connectivity index (χ0n) is 13.1. The maximum atomic E-state index is 13.7. The molecule has 3 heterocycles. The van der Waals surface area contributed by atoms with E-state index >= 15 is 0 Å². The fraction of sp³-hybridized carbons (Fsp3) is 0.176. The molecule has 0 saturated carbocycles. The number of nitrogens with zero attached hydrogens (tertiary/aromatic N) is 2. The van der Waals surface area contributed by atoms with Gasteiger partial charge in [-0.05, 0) is 31.5 Å². The molecule has 3 aromatic heterocycles. The van der Waals surface area contributed by atoms with Gasteiger partial charge in [-0.3, -0.25) is 9.20 Å². The number of thiophene rings is 1. The summed E-state index contributed by atoms with van der Waals surface area (Å²) in [5.74, 6) is -1.47. The molecule has 0 unspecified atom stereocenters. The average molecular weight is 377 g/mol. The van der Waals surface area contributed by atoms with Crippen LogP contribution in [0.25, 0.3) is 15.3 Å². The van der Waals surface area contributed by atoms with Crippen molar-refractivity contribution >= 4 is 43.9 Å². The van der Waals surface area contributed by atoms with Crippen molar-refractivity contribution in [1.29, 1.82) is 0 Å². The van der Waals surface area contributed by atoms with Crippen LogP contribution in [0.15, 0.2) is 35.8 Å². The minimum atomic E-state index is -0.601. The summed E-state index contributed by atoms with van der Waals surface area (Å²) < 4.78 is 29.4. The molecule has 0 aliphatic rings. The van der Waals surface area contributed by atoms with Crippen LogP contribution in [0.3, 0.4) is 0 Å². The summed E-state index contributed by atoms with van der Waals surface area (Å²) in [6.07, 6.45) is 2.00. The molecule has 0 aliphatic carbocycles. The molecule has 0 saturated heterocycles. The number of hydrogen-bond acceptors (Lipinski definition) is 4. The van der Waals surface area contributed by atoms with Crippen LogP contribution in [0, 0.1) is 11.6 Å². The van der Waals surface area contributed by atoms with E-state index in [-0.39, 0.29) is 17.9 Å². The Hall–Kier alpha value is -2.32. The third kappa shape index (κ3) is 2.91. The number of carbonyl (C=O) groups excluding carboxylic acids is 1. The number of carbonyl (C=O) groups is 1. The highest BCUT2D eigenvalue weighted by atomic mass is 32.1. The predicted molar refractivity (Wildman–Crippen MR) is 95.4 cm³/mol. The van der Waals surface area contributed by atoms with Crippen LogP contribution in [0.1, 0.15) is 22.2 Å². The summed E-state index contributed by atoms with van der Waals surface area (Å²) in [4.78, 5) is 19.1. The number of benzene rings is 1. The molecule has 0 aliphatic heterocycles. The Bertz CT molecular complexity index is 1060. The monoisotopic (exact) mass is 377 g/mol. The van der Waals surface area contributed by atoms with Gasteiger partial charge in [0.1, 0.15) is 16.5 Å². The van der Waals surface area contributed by atoms with E-state index in [1.54, 1.807) is 13.0 Å². The van der Waals surface area contributed by atoms with Crippen molar-refractivity contribution in [1.82, 2.24) is 14.7 Å². The number of fused-ring (bicyclic) bond motifs is 3. The number of aromatic nitrogens is 2. The van der Waals surface area contributed by atoms with E-state index in [0.29, 0.717) is 4.88 Å². The molecular weight excluding hydrogens is 364 g/mol. The van der Waals surface area contributed by atoms with Crippen LogP contribution in [-0.2, 0) is 6.42 Å². The standard InChI is InChI=1S/C17H13F2N3OS2/c1-9(7-10-11(18)3-2-4-12(10)19)20-15(23)14-8-13-16(25-14)21-17-22(13)5-6-24-17/h2-6,8-9H,7H2,1H3,(H,20,23)/t9-/m0/s1. The van der Waals surface area contributed by atoms with Crippen molar-refractivity contribution in [2.45, 2.75) is 19.4 Å². The van der Waals surface area contributed by atoms with E-state index in [0.717, 1.165) is 15.3 Å². The number of amides is 1. The summed E-state index contributed by atoms with van der Waals surface area (Å²) in [6.45, 7) is 1.72. The Kier molecular flexibility index (Phi) is 4.01. The van der Waals surface area contributed by atoms with Crippen LogP contribution >= 0.6 is 22.7 Å². The van der Waals surface area contributed by atoms with E-state index in [9.17, 15) is 13.6 Å². The maximum Gasteiger partial charge on any atom is 0.261 e. The summed E-state index contributed by atoms with van der Waals surface area (Å²) in [6, 6.07) is 5.14. The fourth-order valence-corrected chi connectivity index (χ4v) is 4.44. The number of thiazole rings is 1. The van der Waals surface area contributed by atoms with Crippen molar-refractivity contribution in [3.63, 3.8) is 0 Å². The molecule has 4 aromatic rings. The molecule has 0 spiro atoms. The zero-order valence-corrected chi connectivity index (χ0v) is 14.8. The van der Waals surface area contributed by atoms with Gasteiger partial charge in [0.05, 0.1) is 10.4 Å². The van der Waals surface area contributed by atoms with Crippen LogP contribution in [0.4, 0.5) is 8.78 Å². The minimum Gasteiger partial charge on any atom is -0.349 e. The van der Waals surface area contributed by atoms with Crippen LogP contribution in [0.5, 0.6) is 0 Å². The van der Waals surface area contributed by atoms with Crippen LogP contribution in [-0.4, -0.2) is 21.3 Å². The molecule has 0 radical (unpaired) electrons. The summed E-state index contributed by atoms with van der Waals surface area (Å²) >= 11 is 2.84. The first kappa shape index (κ1) is 16.2. The third-order valence-electron chi connectivity index (χ3n) is 3.91. The summed E-state index contributed by atoms with van der Waals surface area (Å²) in [7, 11) is 0. The Morgan fingerprint density at radius 2 is 2.12 bits per heavy atom. The highest BCUT2D eigenvalue weighted by Crippen LogP contribution is 2.28. The first-order valence-corrected chi connectivity index (χ1v) is 9.31. The lowest BCUT2D eigenvalue weighted by molar-refractivity contribution is 0.0944. The highest BCUT2D eigenvalue weighted by Gasteiger charge is 2.18. The van der Waals surface area contributed by atoms with Gasteiger partial charge in [-0.25, -0.2) is 13.8 Å². The van der Waals surface area contributed by atoms with Crippen molar-refractivity contribution < 1.29 is 13.6 Å². The molecular formula is C17H13F2N3OS2. The van der Waals surface area contributed by atoms with Gasteiger partial charge in [0.2, 0.25) is 0 Å². The molecule has 1 amide bonds. The molecule has 4 rings (SSSR count). The van der Waals surface area contributed by atoms with Crippen LogP contribution in [0.2, 0.25) is 0 Å². The van der Waals surface area contributed by atoms with Gasteiger partial charge >= 0.3 is 0 Å². The first-order valence-electron chi connectivity index (χ1n) is 7.62. The second kappa shape index (κ2) is 6.20. The van der Waals surface area contributed by atoms with Gasteiger partial charge in [0, 0.05) is 23.2 Å². The molecule has 0 fully saturated rings. The number of halogens is 2. The van der Waals surface area contributed by atoms with E-state index in [2.05, 4.69) is 10.3 Å². The fourth-order valence-electron chi connectivity index (χ4n) is 2.74. The smallest absolute Gasteiger partial charge is 0.261 e. The molecule has 1 aromatic carbocycles. The topological polar surface area (TPSA) is 46.4 Å². The first-order chi connectivity index (χ1) is 12.0. The van der Waals surface area contributed by atoms with Gasteiger partial charge < -0.3 is 5.32 Å². The normalized spacial score (nSPS) is 12.8. The van der Waals surface area contributed by atoms with Crippen molar-refractivity contribution in [2.24, 2.45) is 0 Å². The van der Waals surface area contributed by atoms with Gasteiger partial charge in [-0.15, -0.1) is 22.7 Å². The second-order valence-electron chi connectivity index (χ2n) is 5.75. The lowest BCUT2D eigenvalue weighted by Crippen LogP contribution is -2.34. The highest BCUT2D eigenvalue weighted by molar-refractivity contribution is 7.21. The van der Waals surface area contributed by atoms with E-state index < -0.39 is 17.7 Å². The Morgan fingerprint density at radius 3 is 2.88 bits per heavy atom. The Balaban J connectivity index is 1.52. The lowest BCUT2D eigenvalue weighted by atomic mass is 10.1. The number of hydrogen-bond donors (Lipinski definition) is 1. The van der Waals surface area contributed by atoms with Crippen molar-refractivity contribution in [2.75, 3.05) is 0 Å². The molecule has 1 atom stereocenters. The van der Waals surface area contributed by atoms with E-state index in [1.165, 1.54) is 40.9 Å². The van der Waals surface area contributed by atoms with Gasteiger partial charge in [0.15, 0.2) is 4.96 Å². The maximum absolute atomic E-state index is 13.7. The average Bonchev–Trinajstić information content (AvgIpc) is 3.22. The van der Waals surface area contributed by atoms with Gasteiger partial charge in [0.25, 0.3) is 5.91 Å². The molecule has 8 heteroatoms. The van der Waals surface area contributed by atoms with Crippen LogP contribution < -0.4 is 5.32 Å². The third-order valence-corrected chi connectivity index (χ3v) is 5.69. The molecule has 25 heavy (non-hydrogen) atoms. The van der Waals surface area contributed by atoms with Crippen molar-refractivity contribution in [3.8, 4) is 0 Å². The summed E-state index contributed by atoms with van der Waals surface area (Å²) in [5, 5.41) is 4.73. The molecule has 1 N–H and O–H groups in total. The zero-order chi connectivity index (χ0) is 17.6. The van der Waals surface area contributed by atoms with Gasteiger partial charge in [-0.2, -0.15) is 0 Å². The molecule has 0 bridgehead atoms. The molecule has 128 valence electrons. The number of rotatable bonds is 4. The number of nitrogens with one attached hydrogen (secondary N) is 1. The van der Waals surface area contributed by atoms with Gasteiger partial charge in [-0.1, -0.05) is 6.07 Å². The SMILES string of the molecule is C[C@@H](Cc1c(F)cccc1F)NC(=O)c1cc2c(nc3sccn32)s1. The second-order valence-corrected chi connectivity index (χ2v) is 7.65. The Labute approximate surface area is 149 Å². The molecule has 4 nitrogen and oxygen atoms in total. The lowest BCUT2D eigenvalue weighted by Gasteiger charge is -2.14. The largest absolute Gasteiger partial charge is 0.349 e. The quantitative estimate of drug-likeness (QED) is 0.578. The number of imidazole rings is 1. The van der Waals surface area contributed by atoms with E-state index in [1.807, 2.05) is 16.0 Å². The van der Waals surface area contributed by atoms with Crippen molar-refractivity contribution in [3.05, 3.63) is 57.9 Å². The predicted octanol–water partition coefficient (Wildman–Crippen LogP) is 4.25. The summed E-state index contributed by atoms with van der Waals surface area (Å²) in [5.41, 5.74) is 0.872. The minimum absolute atomic E-state index is 0.0163. The van der Waals surface area contributed by atoms with E-state index in [4.69, 9.17) is 0 Å².